The second kappa shape index (κ2) is 5.69. The van der Waals surface area contributed by atoms with Crippen LogP contribution in [0.15, 0.2) is 30.3 Å². The highest BCUT2D eigenvalue weighted by Gasteiger charge is 2.38. The molecule has 120 valence electrons. The maximum atomic E-state index is 12.6. The number of Topliss-reactive ketones (excluding diaryl/α,β-unsaturated/α-hetero) is 1. The van der Waals surface area contributed by atoms with E-state index in [-0.39, 0.29) is 17.8 Å². The summed E-state index contributed by atoms with van der Waals surface area (Å²) in [7, 11) is 0. The normalized spacial score (nSPS) is 16.0. The predicted molar refractivity (Wildman–Crippen MR) is 87.5 cm³/mol. The fourth-order valence-electron chi connectivity index (χ4n) is 3.04. The van der Waals surface area contributed by atoms with Crippen LogP contribution in [0.5, 0.6) is 0 Å². The molecular formula is C19H21NO3. The fourth-order valence-corrected chi connectivity index (χ4v) is 3.04. The number of nitrogens with one attached hydrogen (secondary N) is 1. The van der Waals surface area contributed by atoms with E-state index in [0.29, 0.717) is 16.8 Å². The van der Waals surface area contributed by atoms with Crippen LogP contribution in [-0.4, -0.2) is 16.7 Å². The molecule has 4 heteroatoms. The highest BCUT2D eigenvalue weighted by Crippen LogP contribution is 2.37. The molecule has 1 aliphatic carbocycles. The molecule has 0 saturated carbocycles. The topological polar surface area (TPSA) is 59.2 Å². The lowest BCUT2D eigenvalue weighted by atomic mass is 9.74. The van der Waals surface area contributed by atoms with Crippen LogP contribution >= 0.6 is 0 Å². The maximum Gasteiger partial charge on any atom is 0.355 e. The van der Waals surface area contributed by atoms with Crippen LogP contribution < -0.4 is 0 Å². The van der Waals surface area contributed by atoms with E-state index >= 15 is 0 Å². The number of fused-ring (bicyclic) bond motifs is 1. The molecule has 2 aromatic rings. The zero-order valence-corrected chi connectivity index (χ0v) is 13.7. The Labute approximate surface area is 135 Å². The van der Waals surface area contributed by atoms with Gasteiger partial charge in [-0.2, -0.15) is 0 Å². The molecule has 1 aliphatic rings. The average Bonchev–Trinajstić information content (AvgIpc) is 2.87. The number of hydrogen-bond acceptors (Lipinski definition) is 3. The first kappa shape index (κ1) is 15.5. The minimum Gasteiger partial charge on any atom is -0.456 e. The summed E-state index contributed by atoms with van der Waals surface area (Å²) < 4.78 is 5.38. The van der Waals surface area contributed by atoms with E-state index in [9.17, 15) is 9.59 Å². The van der Waals surface area contributed by atoms with Gasteiger partial charge in [-0.3, -0.25) is 4.79 Å². The summed E-state index contributed by atoms with van der Waals surface area (Å²) in [5.74, 6) is -0.305. The Hall–Kier alpha value is -2.36. The van der Waals surface area contributed by atoms with Gasteiger partial charge in [-0.1, -0.05) is 44.2 Å². The second-order valence-corrected chi connectivity index (χ2v) is 6.75. The minimum absolute atomic E-state index is 0.106. The van der Waals surface area contributed by atoms with Gasteiger partial charge in [-0.15, -0.1) is 0 Å². The Kier molecular flexibility index (Phi) is 3.84. The van der Waals surface area contributed by atoms with Crippen LogP contribution in [-0.2, 0) is 17.8 Å². The number of rotatable bonds is 3. The second-order valence-electron chi connectivity index (χ2n) is 6.75. The van der Waals surface area contributed by atoms with E-state index in [1.165, 1.54) is 0 Å². The van der Waals surface area contributed by atoms with Crippen LogP contribution in [0.25, 0.3) is 0 Å². The van der Waals surface area contributed by atoms with Crippen LogP contribution in [0, 0.1) is 12.3 Å². The van der Waals surface area contributed by atoms with Crippen molar-refractivity contribution in [2.24, 2.45) is 5.41 Å². The Bertz CT molecular complexity index is 756. The molecule has 0 spiro atoms. The standard InChI is InChI=1S/C19H21NO3/c1-12-15-14(9-10-19(2,3)17(15)21)20-16(12)18(22)23-11-13-7-5-4-6-8-13/h4-8,20H,9-11H2,1-3H3. The SMILES string of the molecule is Cc1c(C(=O)OCc2ccccc2)[nH]c2c1C(=O)C(C)(C)CC2. The molecule has 0 amide bonds. The number of benzene rings is 1. The van der Waals surface area contributed by atoms with Crippen molar-refractivity contribution in [3.05, 3.63) is 58.4 Å². The number of H-pyrrole nitrogens is 1. The molecule has 1 N–H and O–H groups in total. The van der Waals surface area contributed by atoms with Crippen molar-refractivity contribution in [3.63, 3.8) is 0 Å². The lowest BCUT2D eigenvalue weighted by molar-refractivity contribution is 0.0465. The predicted octanol–water partition coefficient (Wildman–Crippen LogP) is 3.84. The number of carbonyl (C=O) groups excluding carboxylic acids is 2. The molecule has 0 bridgehead atoms. The number of aromatic amines is 1. The summed E-state index contributed by atoms with van der Waals surface area (Å²) >= 11 is 0. The van der Waals surface area contributed by atoms with Gasteiger partial charge in [-0.25, -0.2) is 4.79 Å². The summed E-state index contributed by atoms with van der Waals surface area (Å²) in [5, 5.41) is 0. The maximum absolute atomic E-state index is 12.6. The van der Waals surface area contributed by atoms with Crippen molar-refractivity contribution >= 4 is 11.8 Å². The summed E-state index contributed by atoms with van der Waals surface area (Å²) in [6, 6.07) is 9.55. The molecule has 1 aromatic heterocycles. The van der Waals surface area contributed by atoms with Crippen LogP contribution in [0.3, 0.4) is 0 Å². The molecule has 0 fully saturated rings. The summed E-state index contributed by atoms with van der Waals surface area (Å²) in [6.07, 6.45) is 1.57. The van der Waals surface area contributed by atoms with E-state index in [1.807, 2.05) is 51.1 Å². The van der Waals surface area contributed by atoms with Gasteiger partial charge in [0.15, 0.2) is 5.78 Å². The highest BCUT2D eigenvalue weighted by molar-refractivity contribution is 6.06. The molecule has 23 heavy (non-hydrogen) atoms. The number of aromatic nitrogens is 1. The molecule has 3 rings (SSSR count). The van der Waals surface area contributed by atoms with E-state index in [0.717, 1.165) is 24.1 Å². The third-order valence-corrected chi connectivity index (χ3v) is 4.59. The molecular weight excluding hydrogens is 290 g/mol. The first-order chi connectivity index (χ1) is 10.9. The molecule has 4 nitrogen and oxygen atoms in total. The van der Waals surface area contributed by atoms with E-state index in [2.05, 4.69) is 4.98 Å². The van der Waals surface area contributed by atoms with E-state index in [1.54, 1.807) is 0 Å². The van der Waals surface area contributed by atoms with Crippen molar-refractivity contribution in [1.29, 1.82) is 0 Å². The first-order valence-corrected chi connectivity index (χ1v) is 7.87. The monoisotopic (exact) mass is 311 g/mol. The van der Waals surface area contributed by atoms with Crippen LogP contribution in [0.2, 0.25) is 0 Å². The zero-order chi connectivity index (χ0) is 16.6. The van der Waals surface area contributed by atoms with Crippen molar-refractivity contribution in [2.75, 3.05) is 0 Å². The van der Waals surface area contributed by atoms with E-state index < -0.39 is 5.97 Å². The fraction of sp³-hybridized carbons (Fsp3) is 0.368. The zero-order valence-electron chi connectivity index (χ0n) is 13.7. The lowest BCUT2D eigenvalue weighted by Gasteiger charge is -2.27. The lowest BCUT2D eigenvalue weighted by Crippen LogP contribution is -2.30. The number of carbonyl (C=O) groups is 2. The molecule has 1 aromatic carbocycles. The van der Waals surface area contributed by atoms with Crippen molar-refractivity contribution in [3.8, 4) is 0 Å². The highest BCUT2D eigenvalue weighted by atomic mass is 16.5. The number of ketones is 1. The Morgan fingerprint density at radius 2 is 1.96 bits per heavy atom. The smallest absolute Gasteiger partial charge is 0.355 e. The third kappa shape index (κ3) is 2.81. The number of aryl methyl sites for hydroxylation is 1. The van der Waals surface area contributed by atoms with Crippen LogP contribution in [0.1, 0.15) is 57.9 Å². The van der Waals surface area contributed by atoms with Gasteiger partial charge in [0.25, 0.3) is 0 Å². The largest absolute Gasteiger partial charge is 0.456 e. The summed E-state index contributed by atoms with van der Waals surface area (Å²) in [5.41, 5.74) is 3.21. The van der Waals surface area contributed by atoms with Gasteiger partial charge in [-0.05, 0) is 30.9 Å². The quantitative estimate of drug-likeness (QED) is 0.876. The molecule has 0 atom stereocenters. The summed E-state index contributed by atoms with van der Waals surface area (Å²) in [4.78, 5) is 28.1. The summed E-state index contributed by atoms with van der Waals surface area (Å²) in [6.45, 7) is 5.95. The minimum atomic E-state index is -0.411. The molecule has 0 aliphatic heterocycles. The number of ether oxygens (including phenoxy) is 1. The van der Waals surface area contributed by atoms with Gasteiger partial charge >= 0.3 is 5.97 Å². The Balaban J connectivity index is 1.82. The van der Waals surface area contributed by atoms with Gasteiger partial charge in [0, 0.05) is 16.7 Å². The van der Waals surface area contributed by atoms with Crippen LogP contribution in [0.4, 0.5) is 0 Å². The van der Waals surface area contributed by atoms with Crippen molar-refractivity contribution in [1.82, 2.24) is 4.98 Å². The number of hydrogen-bond donors (Lipinski definition) is 1. The van der Waals surface area contributed by atoms with Gasteiger partial charge in [0.05, 0.1) is 0 Å². The number of esters is 1. The van der Waals surface area contributed by atoms with Crippen molar-refractivity contribution in [2.45, 2.75) is 40.2 Å². The molecule has 1 heterocycles. The average molecular weight is 311 g/mol. The molecule has 0 saturated heterocycles. The first-order valence-electron chi connectivity index (χ1n) is 7.87. The third-order valence-electron chi connectivity index (χ3n) is 4.59. The van der Waals surface area contributed by atoms with Gasteiger partial charge < -0.3 is 9.72 Å². The Morgan fingerprint density at radius 1 is 1.26 bits per heavy atom. The molecule has 0 unspecified atom stereocenters. The Morgan fingerprint density at radius 3 is 2.65 bits per heavy atom. The van der Waals surface area contributed by atoms with Gasteiger partial charge in [0.1, 0.15) is 12.3 Å². The van der Waals surface area contributed by atoms with Gasteiger partial charge in [0.2, 0.25) is 0 Å². The van der Waals surface area contributed by atoms with E-state index in [4.69, 9.17) is 4.74 Å². The van der Waals surface area contributed by atoms with Crippen molar-refractivity contribution < 1.29 is 14.3 Å². The molecule has 0 radical (unpaired) electrons.